The molecule has 0 spiro atoms. The van der Waals surface area contributed by atoms with Gasteiger partial charge in [0.05, 0.1) is 4.90 Å². The van der Waals surface area contributed by atoms with Crippen LogP contribution in [0.4, 0.5) is 0 Å². The highest BCUT2D eigenvalue weighted by molar-refractivity contribution is 7.95. The average Bonchev–Trinajstić information content (AvgIpc) is 2.25. The summed E-state index contributed by atoms with van der Waals surface area (Å²) in [6.07, 6.45) is -0.420. The molecular weight excluding hydrogens is 254 g/mol. The zero-order valence-electron chi connectivity index (χ0n) is 10.1. The lowest BCUT2D eigenvalue weighted by Crippen LogP contribution is -2.21. The minimum absolute atomic E-state index is 0.0469. The fourth-order valence-corrected chi connectivity index (χ4v) is 3.30. The van der Waals surface area contributed by atoms with E-state index in [0.29, 0.717) is 11.1 Å². The Kier molecular flexibility index (Phi) is 2.70. The molecule has 1 amide bonds. The minimum Gasteiger partial charge on any atom is -0.475 e. The van der Waals surface area contributed by atoms with Gasteiger partial charge in [0.1, 0.15) is 6.10 Å². The van der Waals surface area contributed by atoms with Gasteiger partial charge in [-0.15, -0.1) is 0 Å². The number of aryl methyl sites for hydroxylation is 1. The zero-order chi connectivity index (χ0) is 13.7. The number of hydrogen-bond donors (Lipinski definition) is 1. The standard InChI is InChI=1S/C12H13NO4S/c1-6-4-10-7(2)17-8(3)18(15,16)11(10)5-9(6)12(13)14/h4-5,7H,3H2,1-2H3,(H2,13,14). The van der Waals surface area contributed by atoms with Gasteiger partial charge in [-0.25, -0.2) is 8.42 Å². The number of rotatable bonds is 1. The summed E-state index contributed by atoms with van der Waals surface area (Å²) < 4.78 is 29.3. The highest BCUT2D eigenvalue weighted by Gasteiger charge is 2.34. The lowest BCUT2D eigenvalue weighted by Gasteiger charge is -2.26. The summed E-state index contributed by atoms with van der Waals surface area (Å²) in [6.45, 7) is 6.81. The van der Waals surface area contributed by atoms with Crippen LogP contribution in [-0.4, -0.2) is 14.3 Å². The normalized spacial score (nSPS) is 21.0. The number of primary amides is 1. The van der Waals surface area contributed by atoms with Crippen LogP contribution in [0, 0.1) is 6.92 Å². The van der Waals surface area contributed by atoms with Gasteiger partial charge in [-0.05, 0) is 32.1 Å². The molecule has 1 aromatic rings. The second-order valence-electron chi connectivity index (χ2n) is 4.20. The van der Waals surface area contributed by atoms with Crippen LogP contribution in [-0.2, 0) is 14.6 Å². The number of nitrogens with two attached hydrogens (primary N) is 1. The Hall–Kier alpha value is -1.82. The average molecular weight is 267 g/mol. The van der Waals surface area contributed by atoms with Crippen molar-refractivity contribution in [3.63, 3.8) is 0 Å². The summed E-state index contributed by atoms with van der Waals surface area (Å²) in [5.74, 6) is -0.657. The van der Waals surface area contributed by atoms with Crippen LogP contribution >= 0.6 is 0 Å². The molecule has 96 valence electrons. The van der Waals surface area contributed by atoms with E-state index < -0.39 is 21.8 Å². The summed E-state index contributed by atoms with van der Waals surface area (Å²) in [5.41, 5.74) is 6.55. The molecule has 1 aliphatic rings. The van der Waals surface area contributed by atoms with Gasteiger partial charge in [0.15, 0.2) is 0 Å². The highest BCUT2D eigenvalue weighted by Crippen LogP contribution is 2.38. The number of carbonyl (C=O) groups excluding carboxylic acids is 1. The fraction of sp³-hybridized carbons (Fsp3) is 0.250. The molecule has 2 N–H and O–H groups in total. The molecule has 0 bridgehead atoms. The van der Waals surface area contributed by atoms with Gasteiger partial charge in [-0.1, -0.05) is 6.07 Å². The molecule has 1 heterocycles. The molecule has 0 saturated heterocycles. The van der Waals surface area contributed by atoms with Crippen molar-refractivity contribution in [3.05, 3.63) is 40.5 Å². The predicted octanol–water partition coefficient (Wildman–Crippen LogP) is 1.43. The van der Waals surface area contributed by atoms with E-state index in [0.717, 1.165) is 0 Å². The minimum atomic E-state index is -3.75. The molecule has 5 nitrogen and oxygen atoms in total. The summed E-state index contributed by atoms with van der Waals surface area (Å²) in [6, 6.07) is 2.91. The van der Waals surface area contributed by atoms with Gasteiger partial charge in [-0.3, -0.25) is 4.79 Å². The Balaban J connectivity index is 2.81. The van der Waals surface area contributed by atoms with E-state index in [1.165, 1.54) is 6.07 Å². The highest BCUT2D eigenvalue weighted by atomic mass is 32.2. The summed E-state index contributed by atoms with van der Waals surface area (Å²) in [7, 11) is -3.75. The topological polar surface area (TPSA) is 86.5 Å². The van der Waals surface area contributed by atoms with Crippen LogP contribution in [0.1, 0.15) is 34.5 Å². The third kappa shape index (κ3) is 1.69. The first-order chi connectivity index (χ1) is 8.25. The fourth-order valence-electron chi connectivity index (χ4n) is 1.97. The Morgan fingerprint density at radius 2 is 2.06 bits per heavy atom. The van der Waals surface area contributed by atoms with Crippen molar-refractivity contribution in [3.8, 4) is 0 Å². The van der Waals surface area contributed by atoms with Gasteiger partial charge in [0.2, 0.25) is 20.8 Å². The maximum atomic E-state index is 12.1. The third-order valence-corrected chi connectivity index (χ3v) is 4.59. The Morgan fingerprint density at radius 3 is 2.61 bits per heavy atom. The number of carbonyl (C=O) groups is 1. The molecule has 0 saturated carbocycles. The maximum Gasteiger partial charge on any atom is 0.249 e. The van der Waals surface area contributed by atoms with Crippen molar-refractivity contribution in [2.24, 2.45) is 5.73 Å². The molecule has 1 unspecified atom stereocenters. The van der Waals surface area contributed by atoms with Gasteiger partial charge in [0, 0.05) is 11.1 Å². The van der Waals surface area contributed by atoms with E-state index in [4.69, 9.17) is 10.5 Å². The van der Waals surface area contributed by atoms with Crippen LogP contribution < -0.4 is 5.73 Å². The van der Waals surface area contributed by atoms with Crippen molar-refractivity contribution >= 4 is 15.7 Å². The van der Waals surface area contributed by atoms with Crippen molar-refractivity contribution < 1.29 is 17.9 Å². The Bertz CT molecular complexity index is 661. The summed E-state index contributed by atoms with van der Waals surface area (Å²) in [4.78, 5) is 11.3. The van der Waals surface area contributed by atoms with Crippen LogP contribution in [0.15, 0.2) is 28.7 Å². The number of ether oxygens (including phenoxy) is 1. The van der Waals surface area contributed by atoms with Crippen molar-refractivity contribution in [2.45, 2.75) is 24.8 Å². The molecule has 0 radical (unpaired) electrons. The lowest BCUT2D eigenvalue weighted by molar-refractivity contribution is 0.0999. The second kappa shape index (κ2) is 3.84. The smallest absolute Gasteiger partial charge is 0.249 e. The number of benzene rings is 1. The van der Waals surface area contributed by atoms with Crippen molar-refractivity contribution in [1.29, 1.82) is 0 Å². The van der Waals surface area contributed by atoms with Gasteiger partial charge >= 0.3 is 0 Å². The van der Waals surface area contributed by atoms with E-state index >= 15 is 0 Å². The van der Waals surface area contributed by atoms with E-state index in [1.807, 2.05) is 0 Å². The molecule has 1 atom stereocenters. The second-order valence-corrected chi connectivity index (χ2v) is 6.11. The summed E-state index contributed by atoms with van der Waals surface area (Å²) >= 11 is 0. The molecule has 0 fully saturated rings. The van der Waals surface area contributed by atoms with Gasteiger partial charge < -0.3 is 10.5 Å². The van der Waals surface area contributed by atoms with Crippen LogP contribution in [0.25, 0.3) is 0 Å². The zero-order valence-corrected chi connectivity index (χ0v) is 10.9. The molecular formula is C12H13NO4S. The first-order valence-corrected chi connectivity index (χ1v) is 6.78. The largest absolute Gasteiger partial charge is 0.475 e. The van der Waals surface area contributed by atoms with Crippen molar-refractivity contribution in [2.75, 3.05) is 0 Å². The molecule has 1 aromatic carbocycles. The first-order valence-electron chi connectivity index (χ1n) is 5.30. The van der Waals surface area contributed by atoms with Gasteiger partial charge in [0.25, 0.3) is 0 Å². The van der Waals surface area contributed by atoms with E-state index in [1.54, 1.807) is 19.9 Å². The molecule has 18 heavy (non-hydrogen) atoms. The number of amides is 1. The number of sulfone groups is 1. The summed E-state index contributed by atoms with van der Waals surface area (Å²) in [5, 5.41) is -0.304. The SMILES string of the molecule is C=C1OC(C)c2cc(C)c(C(N)=O)cc2S1(=O)=O. The predicted molar refractivity (Wildman–Crippen MR) is 65.5 cm³/mol. The third-order valence-electron chi connectivity index (χ3n) is 2.96. The number of hydrogen-bond acceptors (Lipinski definition) is 4. The Morgan fingerprint density at radius 1 is 1.44 bits per heavy atom. The van der Waals surface area contributed by atoms with Gasteiger partial charge in [-0.2, -0.15) is 0 Å². The van der Waals surface area contributed by atoms with Crippen molar-refractivity contribution in [1.82, 2.24) is 0 Å². The first kappa shape index (κ1) is 12.6. The number of fused-ring (bicyclic) bond motifs is 1. The van der Waals surface area contributed by atoms with Crippen LogP contribution in [0.5, 0.6) is 0 Å². The Labute approximate surface area is 105 Å². The van der Waals surface area contributed by atoms with E-state index in [2.05, 4.69) is 6.58 Å². The van der Waals surface area contributed by atoms with Crippen LogP contribution in [0.2, 0.25) is 0 Å². The molecule has 0 aromatic heterocycles. The van der Waals surface area contributed by atoms with Crippen LogP contribution in [0.3, 0.4) is 0 Å². The lowest BCUT2D eigenvalue weighted by atomic mass is 10.0. The molecule has 1 aliphatic heterocycles. The maximum absolute atomic E-state index is 12.1. The van der Waals surface area contributed by atoms with E-state index in [9.17, 15) is 13.2 Å². The molecule has 0 aliphatic carbocycles. The molecule has 6 heteroatoms. The molecule has 2 rings (SSSR count). The quantitative estimate of drug-likeness (QED) is 0.833. The van der Waals surface area contributed by atoms with E-state index in [-0.39, 0.29) is 15.6 Å². The monoisotopic (exact) mass is 267 g/mol.